The van der Waals surface area contributed by atoms with Gasteiger partial charge in [-0.05, 0) is 30.5 Å². The van der Waals surface area contributed by atoms with Gasteiger partial charge in [0.05, 0.1) is 6.61 Å². The van der Waals surface area contributed by atoms with Crippen LogP contribution in [-0.4, -0.2) is 18.3 Å². The average Bonchev–Trinajstić information content (AvgIpc) is 2.67. The predicted octanol–water partition coefficient (Wildman–Crippen LogP) is 2.08. The summed E-state index contributed by atoms with van der Waals surface area (Å²) in [6, 6.07) is 8.32. The number of benzene rings is 1. The predicted molar refractivity (Wildman–Crippen MR) is 58.3 cm³/mol. The highest BCUT2D eigenvalue weighted by Gasteiger charge is 2.13. The zero-order valence-electron chi connectivity index (χ0n) is 8.40. The summed E-state index contributed by atoms with van der Waals surface area (Å²) < 4.78 is 0. The van der Waals surface area contributed by atoms with Crippen LogP contribution in [0.2, 0.25) is 0 Å². The number of hydrogen-bond acceptors (Lipinski definition) is 2. The van der Waals surface area contributed by atoms with Crippen LogP contribution < -0.4 is 4.90 Å². The SMILES string of the molecule is Cc1ccccc1N1C=C(CO)CC1. The Morgan fingerprint density at radius 2 is 2.14 bits per heavy atom. The van der Waals surface area contributed by atoms with Crippen LogP contribution >= 0.6 is 0 Å². The van der Waals surface area contributed by atoms with Crippen molar-refractivity contribution < 1.29 is 5.11 Å². The first kappa shape index (κ1) is 9.28. The first-order valence-electron chi connectivity index (χ1n) is 4.94. The lowest BCUT2D eigenvalue weighted by molar-refractivity contribution is 0.329. The van der Waals surface area contributed by atoms with Crippen molar-refractivity contribution in [3.8, 4) is 0 Å². The summed E-state index contributed by atoms with van der Waals surface area (Å²) in [5, 5.41) is 9.01. The molecule has 1 aromatic carbocycles. The summed E-state index contributed by atoms with van der Waals surface area (Å²) in [6.07, 6.45) is 3.03. The molecule has 0 aromatic heterocycles. The van der Waals surface area contributed by atoms with E-state index < -0.39 is 0 Å². The fraction of sp³-hybridized carbons (Fsp3) is 0.333. The molecule has 0 saturated carbocycles. The van der Waals surface area contributed by atoms with Crippen molar-refractivity contribution in [3.05, 3.63) is 41.6 Å². The molecule has 1 aromatic rings. The number of rotatable bonds is 2. The highest BCUT2D eigenvalue weighted by atomic mass is 16.3. The van der Waals surface area contributed by atoms with Gasteiger partial charge in [0, 0.05) is 18.4 Å². The normalized spacial score (nSPS) is 15.9. The second kappa shape index (κ2) is 3.84. The van der Waals surface area contributed by atoms with Crippen LogP contribution in [0.4, 0.5) is 5.69 Å². The van der Waals surface area contributed by atoms with Gasteiger partial charge in [0.15, 0.2) is 0 Å². The molecule has 0 bridgehead atoms. The van der Waals surface area contributed by atoms with Crippen LogP contribution in [0.25, 0.3) is 0 Å². The molecule has 0 fully saturated rings. The maximum atomic E-state index is 9.01. The van der Waals surface area contributed by atoms with E-state index in [4.69, 9.17) is 5.11 Å². The van der Waals surface area contributed by atoms with E-state index >= 15 is 0 Å². The number of aliphatic hydroxyl groups excluding tert-OH is 1. The van der Waals surface area contributed by atoms with Crippen molar-refractivity contribution in [3.63, 3.8) is 0 Å². The molecule has 0 radical (unpaired) electrons. The van der Waals surface area contributed by atoms with Gasteiger partial charge in [-0.1, -0.05) is 18.2 Å². The van der Waals surface area contributed by atoms with Crippen LogP contribution in [0.15, 0.2) is 36.0 Å². The number of nitrogens with zero attached hydrogens (tertiary/aromatic N) is 1. The molecule has 0 atom stereocenters. The van der Waals surface area contributed by atoms with Crippen LogP contribution in [0.3, 0.4) is 0 Å². The van der Waals surface area contributed by atoms with Crippen molar-refractivity contribution in [2.24, 2.45) is 0 Å². The molecule has 1 aliphatic rings. The van der Waals surface area contributed by atoms with E-state index in [9.17, 15) is 0 Å². The van der Waals surface area contributed by atoms with E-state index in [-0.39, 0.29) is 6.61 Å². The zero-order valence-corrected chi connectivity index (χ0v) is 8.40. The summed E-state index contributed by atoms with van der Waals surface area (Å²) in [5.74, 6) is 0. The number of anilines is 1. The molecule has 0 aliphatic carbocycles. The maximum Gasteiger partial charge on any atom is 0.0659 e. The topological polar surface area (TPSA) is 23.5 Å². The minimum Gasteiger partial charge on any atom is -0.392 e. The average molecular weight is 189 g/mol. The Labute approximate surface area is 84.5 Å². The lowest BCUT2D eigenvalue weighted by atomic mass is 10.2. The van der Waals surface area contributed by atoms with Crippen LogP contribution in [0.1, 0.15) is 12.0 Å². The third-order valence-corrected chi connectivity index (χ3v) is 2.64. The van der Waals surface area contributed by atoms with Crippen molar-refractivity contribution in [1.82, 2.24) is 0 Å². The monoisotopic (exact) mass is 189 g/mol. The van der Waals surface area contributed by atoms with Crippen LogP contribution in [0.5, 0.6) is 0 Å². The van der Waals surface area contributed by atoms with Crippen molar-refractivity contribution in [2.75, 3.05) is 18.1 Å². The molecule has 0 saturated heterocycles. The summed E-state index contributed by atoms with van der Waals surface area (Å²) >= 11 is 0. The number of aryl methyl sites for hydroxylation is 1. The number of para-hydroxylation sites is 1. The molecule has 1 N–H and O–H groups in total. The molecule has 2 nitrogen and oxygen atoms in total. The quantitative estimate of drug-likeness (QED) is 0.770. The van der Waals surface area contributed by atoms with Gasteiger partial charge in [-0.15, -0.1) is 0 Å². The molecule has 1 heterocycles. The standard InChI is InChI=1S/C12H15NO/c1-10-4-2-3-5-12(10)13-7-6-11(8-13)9-14/h2-5,8,14H,6-7,9H2,1H3. The first-order valence-corrected chi connectivity index (χ1v) is 4.94. The Hall–Kier alpha value is -1.28. The Kier molecular flexibility index (Phi) is 2.55. The number of hydrogen-bond donors (Lipinski definition) is 1. The van der Waals surface area contributed by atoms with E-state index in [1.165, 1.54) is 11.3 Å². The lowest BCUT2D eigenvalue weighted by Gasteiger charge is -2.17. The molecule has 0 spiro atoms. The summed E-state index contributed by atoms with van der Waals surface area (Å²) in [5.41, 5.74) is 3.65. The zero-order chi connectivity index (χ0) is 9.97. The summed E-state index contributed by atoms with van der Waals surface area (Å²) in [4.78, 5) is 2.21. The number of aliphatic hydroxyl groups is 1. The van der Waals surface area contributed by atoms with Gasteiger partial charge >= 0.3 is 0 Å². The van der Waals surface area contributed by atoms with Gasteiger partial charge in [0.25, 0.3) is 0 Å². The van der Waals surface area contributed by atoms with Gasteiger partial charge in [0.1, 0.15) is 0 Å². The third-order valence-electron chi connectivity index (χ3n) is 2.64. The maximum absolute atomic E-state index is 9.01. The first-order chi connectivity index (χ1) is 6.81. The van der Waals surface area contributed by atoms with Crippen molar-refractivity contribution in [1.29, 1.82) is 0 Å². The van der Waals surface area contributed by atoms with Crippen LogP contribution in [-0.2, 0) is 0 Å². The van der Waals surface area contributed by atoms with Gasteiger partial charge in [-0.2, -0.15) is 0 Å². The Bertz CT molecular complexity index is 357. The minimum absolute atomic E-state index is 0.183. The highest BCUT2D eigenvalue weighted by molar-refractivity contribution is 5.57. The summed E-state index contributed by atoms with van der Waals surface area (Å²) in [7, 11) is 0. The van der Waals surface area contributed by atoms with E-state index in [2.05, 4.69) is 30.2 Å². The molecular weight excluding hydrogens is 174 g/mol. The van der Waals surface area contributed by atoms with E-state index in [0.717, 1.165) is 18.5 Å². The molecule has 2 rings (SSSR count). The van der Waals surface area contributed by atoms with Gasteiger partial charge in [-0.3, -0.25) is 0 Å². The Balaban J connectivity index is 2.25. The molecule has 0 unspecified atom stereocenters. The summed E-state index contributed by atoms with van der Waals surface area (Å²) in [6.45, 7) is 3.28. The van der Waals surface area contributed by atoms with E-state index in [1.54, 1.807) is 0 Å². The van der Waals surface area contributed by atoms with E-state index in [0.29, 0.717) is 0 Å². The largest absolute Gasteiger partial charge is 0.392 e. The molecule has 74 valence electrons. The fourth-order valence-corrected chi connectivity index (χ4v) is 1.81. The second-order valence-corrected chi connectivity index (χ2v) is 3.68. The third kappa shape index (κ3) is 1.66. The van der Waals surface area contributed by atoms with Gasteiger partial charge in [0.2, 0.25) is 0 Å². The molecule has 1 aliphatic heterocycles. The van der Waals surface area contributed by atoms with Crippen molar-refractivity contribution in [2.45, 2.75) is 13.3 Å². The molecular formula is C12H15NO. The van der Waals surface area contributed by atoms with Crippen LogP contribution in [0, 0.1) is 6.92 Å². The minimum atomic E-state index is 0.183. The highest BCUT2D eigenvalue weighted by Crippen LogP contribution is 2.25. The fourth-order valence-electron chi connectivity index (χ4n) is 1.81. The van der Waals surface area contributed by atoms with Gasteiger partial charge < -0.3 is 10.0 Å². The smallest absolute Gasteiger partial charge is 0.0659 e. The van der Waals surface area contributed by atoms with E-state index in [1.807, 2.05) is 12.1 Å². The van der Waals surface area contributed by atoms with Gasteiger partial charge in [-0.25, -0.2) is 0 Å². The lowest BCUT2D eigenvalue weighted by Crippen LogP contribution is -2.12. The second-order valence-electron chi connectivity index (χ2n) is 3.68. The Morgan fingerprint density at radius 3 is 2.79 bits per heavy atom. The molecule has 2 heteroatoms. The molecule has 14 heavy (non-hydrogen) atoms. The Morgan fingerprint density at radius 1 is 1.36 bits per heavy atom. The van der Waals surface area contributed by atoms with Crippen molar-refractivity contribution >= 4 is 5.69 Å². The molecule has 0 amide bonds.